The van der Waals surface area contributed by atoms with Gasteiger partial charge < -0.3 is 25.0 Å². The number of carbonyl (C=O) groups excluding carboxylic acids is 1. The molecule has 1 amide bonds. The molecule has 0 aliphatic carbocycles. The summed E-state index contributed by atoms with van der Waals surface area (Å²) in [5.41, 5.74) is 0.842. The number of amides is 1. The Bertz CT molecular complexity index is 841. The van der Waals surface area contributed by atoms with Crippen molar-refractivity contribution in [2.24, 2.45) is 5.92 Å². The molecule has 154 valence electrons. The minimum Gasteiger partial charge on any atom is -0.495 e. The van der Waals surface area contributed by atoms with Gasteiger partial charge in [-0.25, -0.2) is 4.98 Å². The molecule has 0 saturated carbocycles. The van der Waals surface area contributed by atoms with Gasteiger partial charge in [0, 0.05) is 25.9 Å². The quantitative estimate of drug-likeness (QED) is 0.773. The van der Waals surface area contributed by atoms with E-state index in [4.69, 9.17) is 9.47 Å². The second-order valence-corrected chi connectivity index (χ2v) is 7.42. The Balaban J connectivity index is 1.42. The van der Waals surface area contributed by atoms with Crippen LogP contribution in [0.4, 0.5) is 17.5 Å². The van der Waals surface area contributed by atoms with Crippen LogP contribution in [0.2, 0.25) is 0 Å². The molecule has 3 heterocycles. The Morgan fingerprint density at radius 2 is 2.17 bits per heavy atom. The molecule has 2 aliphatic heterocycles. The van der Waals surface area contributed by atoms with Crippen molar-refractivity contribution in [2.45, 2.75) is 25.3 Å². The number of hydrogen-bond acceptors (Lipinski definition) is 7. The van der Waals surface area contributed by atoms with E-state index in [9.17, 15) is 4.79 Å². The number of piperidine rings is 1. The number of methoxy groups -OCH3 is 1. The third-order valence-electron chi connectivity index (χ3n) is 5.36. The number of rotatable bonds is 6. The molecule has 4 rings (SSSR count). The van der Waals surface area contributed by atoms with Gasteiger partial charge in [-0.15, -0.1) is 0 Å². The number of nitrogens with one attached hydrogen (secondary N) is 2. The molecule has 29 heavy (non-hydrogen) atoms. The summed E-state index contributed by atoms with van der Waals surface area (Å²) in [5.74, 6) is 2.12. The summed E-state index contributed by atoms with van der Waals surface area (Å²) in [4.78, 5) is 23.8. The normalized spacial score (nSPS) is 21.6. The predicted octanol–water partition coefficient (Wildman–Crippen LogP) is 2.35. The Kier molecular flexibility index (Phi) is 6.09. The first kappa shape index (κ1) is 19.4. The number of benzene rings is 1. The van der Waals surface area contributed by atoms with Crippen LogP contribution in [-0.2, 0) is 9.53 Å². The number of carbonyl (C=O) groups is 1. The first-order chi connectivity index (χ1) is 14.2. The first-order valence-electron chi connectivity index (χ1n) is 10.1. The Morgan fingerprint density at radius 1 is 1.28 bits per heavy atom. The fourth-order valence-corrected chi connectivity index (χ4v) is 3.80. The number of anilines is 3. The predicted molar refractivity (Wildman–Crippen MR) is 111 cm³/mol. The second-order valence-electron chi connectivity index (χ2n) is 7.42. The maximum Gasteiger partial charge on any atom is 0.227 e. The van der Waals surface area contributed by atoms with Gasteiger partial charge in [0.05, 0.1) is 31.4 Å². The molecular formula is C21H27N5O3. The van der Waals surface area contributed by atoms with Crippen molar-refractivity contribution in [1.29, 1.82) is 0 Å². The Hall–Kier alpha value is -2.87. The first-order valence-corrected chi connectivity index (χ1v) is 10.1. The minimum absolute atomic E-state index is 0.0567. The van der Waals surface area contributed by atoms with Crippen LogP contribution in [0.3, 0.4) is 0 Å². The largest absolute Gasteiger partial charge is 0.495 e. The van der Waals surface area contributed by atoms with Gasteiger partial charge in [0.1, 0.15) is 11.6 Å². The van der Waals surface area contributed by atoms with Crippen LogP contribution in [-0.4, -0.2) is 55.3 Å². The zero-order valence-electron chi connectivity index (χ0n) is 16.6. The molecule has 0 radical (unpaired) electrons. The third kappa shape index (κ3) is 4.76. The number of ether oxygens (including phenoxy) is 2. The average molecular weight is 397 g/mol. The van der Waals surface area contributed by atoms with Crippen molar-refractivity contribution < 1.29 is 14.3 Å². The molecule has 0 spiro atoms. The van der Waals surface area contributed by atoms with E-state index < -0.39 is 0 Å². The van der Waals surface area contributed by atoms with Crippen LogP contribution >= 0.6 is 0 Å². The van der Waals surface area contributed by atoms with Gasteiger partial charge in [0.15, 0.2) is 0 Å². The lowest BCUT2D eigenvalue weighted by Crippen LogP contribution is -2.46. The molecule has 0 bridgehead atoms. The van der Waals surface area contributed by atoms with Crippen molar-refractivity contribution >= 4 is 23.4 Å². The summed E-state index contributed by atoms with van der Waals surface area (Å²) in [7, 11) is 1.64. The van der Waals surface area contributed by atoms with E-state index >= 15 is 0 Å². The summed E-state index contributed by atoms with van der Waals surface area (Å²) >= 11 is 0. The zero-order valence-corrected chi connectivity index (χ0v) is 16.6. The smallest absolute Gasteiger partial charge is 0.227 e. The lowest BCUT2D eigenvalue weighted by atomic mass is 9.97. The molecule has 8 nitrogen and oxygen atoms in total. The van der Waals surface area contributed by atoms with Gasteiger partial charge >= 0.3 is 0 Å². The van der Waals surface area contributed by atoms with Gasteiger partial charge in [-0.05, 0) is 37.5 Å². The zero-order chi connectivity index (χ0) is 20.1. The molecule has 2 aliphatic rings. The van der Waals surface area contributed by atoms with Gasteiger partial charge in [0.2, 0.25) is 11.9 Å². The van der Waals surface area contributed by atoms with Crippen LogP contribution in [0.25, 0.3) is 0 Å². The van der Waals surface area contributed by atoms with E-state index in [1.54, 1.807) is 13.3 Å². The van der Waals surface area contributed by atoms with Crippen LogP contribution in [0.15, 0.2) is 36.5 Å². The van der Waals surface area contributed by atoms with E-state index in [0.29, 0.717) is 24.9 Å². The van der Waals surface area contributed by atoms with Crippen molar-refractivity contribution in [1.82, 2.24) is 15.3 Å². The number of hydrogen-bond donors (Lipinski definition) is 2. The number of aromatic nitrogens is 2. The maximum absolute atomic E-state index is 12.6. The number of para-hydroxylation sites is 2. The SMILES string of the molecule is COc1ccccc1Nc1ccnc(N2CCCC(C(=O)NC3CCOC3)C2)n1. The molecular weight excluding hydrogens is 370 g/mol. The standard InChI is InChI=1S/C21H27N5O3/c1-28-18-7-3-2-6-17(18)24-19-8-10-22-21(25-19)26-11-4-5-15(13-26)20(27)23-16-9-12-29-14-16/h2-3,6-8,10,15-16H,4-5,9,11-14H2,1H3,(H,23,27)(H,22,24,25). The van der Waals surface area contributed by atoms with Crippen molar-refractivity contribution in [3.05, 3.63) is 36.5 Å². The topological polar surface area (TPSA) is 88.6 Å². The van der Waals surface area contributed by atoms with Crippen LogP contribution in [0, 0.1) is 5.92 Å². The van der Waals surface area contributed by atoms with Gasteiger partial charge in [-0.2, -0.15) is 4.98 Å². The summed E-state index contributed by atoms with van der Waals surface area (Å²) in [6.45, 7) is 2.80. The highest BCUT2D eigenvalue weighted by Crippen LogP contribution is 2.27. The van der Waals surface area contributed by atoms with Crippen LogP contribution < -0.4 is 20.3 Å². The van der Waals surface area contributed by atoms with E-state index in [-0.39, 0.29) is 17.9 Å². The lowest BCUT2D eigenvalue weighted by Gasteiger charge is -2.32. The third-order valence-corrected chi connectivity index (χ3v) is 5.36. The molecule has 8 heteroatoms. The van der Waals surface area contributed by atoms with Crippen molar-refractivity contribution in [3.8, 4) is 5.75 Å². The molecule has 2 atom stereocenters. The monoisotopic (exact) mass is 397 g/mol. The number of nitrogens with zero attached hydrogens (tertiary/aromatic N) is 3. The van der Waals surface area contributed by atoms with Crippen LogP contribution in [0.1, 0.15) is 19.3 Å². The minimum atomic E-state index is -0.0567. The molecule has 2 aromatic rings. The lowest BCUT2D eigenvalue weighted by molar-refractivity contribution is -0.126. The summed E-state index contributed by atoms with van der Waals surface area (Å²) in [6.07, 6.45) is 4.45. The van der Waals surface area contributed by atoms with E-state index in [0.717, 1.165) is 43.9 Å². The van der Waals surface area contributed by atoms with Gasteiger partial charge in [-0.3, -0.25) is 4.79 Å². The molecule has 2 N–H and O–H groups in total. The fraction of sp³-hybridized carbons (Fsp3) is 0.476. The highest BCUT2D eigenvalue weighted by Gasteiger charge is 2.29. The van der Waals surface area contributed by atoms with Gasteiger partial charge in [-0.1, -0.05) is 12.1 Å². The average Bonchev–Trinajstić information content (AvgIpc) is 3.27. The van der Waals surface area contributed by atoms with Crippen LogP contribution in [0.5, 0.6) is 5.75 Å². The second kappa shape index (κ2) is 9.09. The van der Waals surface area contributed by atoms with Crippen molar-refractivity contribution in [2.75, 3.05) is 43.6 Å². The van der Waals surface area contributed by atoms with Gasteiger partial charge in [0.25, 0.3) is 0 Å². The van der Waals surface area contributed by atoms with Crippen molar-refractivity contribution in [3.63, 3.8) is 0 Å². The summed E-state index contributed by atoms with van der Waals surface area (Å²) in [5, 5.41) is 6.41. The fourth-order valence-electron chi connectivity index (χ4n) is 3.80. The summed E-state index contributed by atoms with van der Waals surface area (Å²) in [6, 6.07) is 9.66. The van der Waals surface area contributed by atoms with E-state index in [1.165, 1.54) is 0 Å². The molecule has 2 saturated heterocycles. The highest BCUT2D eigenvalue weighted by molar-refractivity contribution is 5.80. The molecule has 2 unspecified atom stereocenters. The Morgan fingerprint density at radius 3 is 3.00 bits per heavy atom. The van der Waals surface area contributed by atoms with E-state index in [2.05, 4.69) is 25.5 Å². The summed E-state index contributed by atoms with van der Waals surface area (Å²) < 4.78 is 10.7. The molecule has 2 fully saturated rings. The van der Waals surface area contributed by atoms with E-state index in [1.807, 2.05) is 30.3 Å². The molecule has 1 aromatic carbocycles. The molecule has 1 aromatic heterocycles. The Labute approximate surface area is 170 Å². The highest BCUT2D eigenvalue weighted by atomic mass is 16.5. The maximum atomic E-state index is 12.6.